The molecule has 3 aliphatic rings. The number of primary amides is 1. The van der Waals surface area contributed by atoms with Crippen molar-refractivity contribution < 1.29 is 34.8 Å². The van der Waals surface area contributed by atoms with Crippen molar-refractivity contribution in [2.24, 2.45) is 17.6 Å². The normalized spacial score (nSPS) is 25.3. The summed E-state index contributed by atoms with van der Waals surface area (Å²) in [5.74, 6) is -6.62. The number of anilines is 1. The monoisotopic (exact) mass is 576 g/mol. The Labute approximate surface area is 243 Å². The SMILES string of the molecule is CN(C)c1cc(CNCc2ccccc2)c(O)c2c1CC1CC3[C@H](N(C)C)C(O)=C(C(N)=O)C(=O)[C@@]3(O)C(O)=C1C2=O. The third kappa shape index (κ3) is 4.36. The van der Waals surface area contributed by atoms with E-state index in [1.807, 2.05) is 55.4 Å². The van der Waals surface area contributed by atoms with E-state index in [4.69, 9.17) is 5.73 Å². The highest BCUT2D eigenvalue weighted by molar-refractivity contribution is 6.25. The topological polar surface area (TPSA) is 177 Å². The molecule has 0 bridgehead atoms. The number of nitrogens with two attached hydrogens (primary N) is 1. The van der Waals surface area contributed by atoms with Gasteiger partial charge in [-0.15, -0.1) is 0 Å². The van der Waals surface area contributed by atoms with Gasteiger partial charge in [-0.05, 0) is 50.0 Å². The van der Waals surface area contributed by atoms with Crippen LogP contribution in [0.5, 0.6) is 5.75 Å². The fourth-order valence-corrected chi connectivity index (χ4v) is 6.82. The van der Waals surface area contributed by atoms with E-state index < -0.39 is 58.0 Å². The Morgan fingerprint density at radius 3 is 2.33 bits per heavy atom. The van der Waals surface area contributed by atoms with Crippen LogP contribution >= 0.6 is 0 Å². The van der Waals surface area contributed by atoms with Gasteiger partial charge < -0.3 is 36.4 Å². The predicted octanol–water partition coefficient (Wildman–Crippen LogP) is 1.48. The minimum atomic E-state index is -2.67. The molecule has 7 N–H and O–H groups in total. The first-order chi connectivity index (χ1) is 19.8. The molecule has 2 unspecified atom stereocenters. The van der Waals surface area contributed by atoms with Crippen LogP contribution in [-0.4, -0.2) is 82.6 Å². The minimum absolute atomic E-state index is 0.00140. The Hall–Kier alpha value is -4.19. The molecule has 0 aromatic heterocycles. The summed E-state index contributed by atoms with van der Waals surface area (Å²) < 4.78 is 0. The molecule has 0 aliphatic heterocycles. The van der Waals surface area contributed by atoms with E-state index in [0.717, 1.165) is 11.3 Å². The van der Waals surface area contributed by atoms with Crippen molar-refractivity contribution in [3.63, 3.8) is 0 Å². The summed E-state index contributed by atoms with van der Waals surface area (Å²) in [7, 11) is 6.86. The van der Waals surface area contributed by atoms with Gasteiger partial charge in [0.25, 0.3) is 5.91 Å². The van der Waals surface area contributed by atoms with E-state index >= 15 is 0 Å². The van der Waals surface area contributed by atoms with Gasteiger partial charge in [-0.25, -0.2) is 0 Å². The summed E-state index contributed by atoms with van der Waals surface area (Å²) in [4.78, 5) is 43.2. The van der Waals surface area contributed by atoms with Crippen LogP contribution in [0.25, 0.3) is 0 Å². The molecule has 42 heavy (non-hydrogen) atoms. The molecule has 0 spiro atoms. The molecule has 0 saturated carbocycles. The van der Waals surface area contributed by atoms with Crippen molar-refractivity contribution in [1.29, 1.82) is 0 Å². The number of aromatic hydroxyl groups is 1. The summed E-state index contributed by atoms with van der Waals surface area (Å²) in [5.41, 5.74) is 4.55. The molecule has 5 rings (SSSR count). The standard InChI is InChI=1S/C31H36N4O7/c1-34(2)20-12-17(14-33-13-15-8-6-5-7-9-15)25(36)22-18(20)10-16-11-19-24(35(3)4)27(38)23(30(32)41)29(40)31(19,42)28(39)21(16)26(22)37/h5-9,12,16,19,24,33,36,38-39,42H,10-11,13-14H2,1-4H3,(H2,32,41)/t16?,19?,24-,31-/m0/s1. The molecule has 0 radical (unpaired) electrons. The van der Waals surface area contributed by atoms with E-state index in [1.54, 1.807) is 14.1 Å². The van der Waals surface area contributed by atoms with Crippen molar-refractivity contribution in [2.45, 2.75) is 37.6 Å². The number of likely N-dealkylation sites (N-methyl/N-ethyl adjacent to an activating group) is 1. The number of aliphatic hydroxyl groups is 3. The quantitative estimate of drug-likeness (QED) is 0.265. The molecule has 2 aromatic rings. The number of phenolic OH excluding ortho intramolecular Hbond substituents is 1. The zero-order chi connectivity index (χ0) is 30.7. The molecule has 3 aliphatic carbocycles. The van der Waals surface area contributed by atoms with Crippen molar-refractivity contribution >= 4 is 23.2 Å². The zero-order valence-corrected chi connectivity index (χ0v) is 24.0. The van der Waals surface area contributed by atoms with Crippen LogP contribution in [0.1, 0.15) is 33.5 Å². The van der Waals surface area contributed by atoms with E-state index in [9.17, 15) is 34.8 Å². The van der Waals surface area contributed by atoms with Gasteiger partial charge >= 0.3 is 0 Å². The van der Waals surface area contributed by atoms with Gasteiger partial charge in [-0.3, -0.25) is 19.3 Å². The zero-order valence-electron chi connectivity index (χ0n) is 24.0. The summed E-state index contributed by atoms with van der Waals surface area (Å²) in [6.07, 6.45) is 0.271. The van der Waals surface area contributed by atoms with Crippen LogP contribution in [0.4, 0.5) is 5.69 Å². The second kappa shape index (κ2) is 10.6. The summed E-state index contributed by atoms with van der Waals surface area (Å²) in [5, 5.41) is 48.9. The Morgan fingerprint density at radius 1 is 1.07 bits per heavy atom. The predicted molar refractivity (Wildman–Crippen MR) is 155 cm³/mol. The summed E-state index contributed by atoms with van der Waals surface area (Å²) in [6, 6.07) is 10.5. The van der Waals surface area contributed by atoms with Crippen LogP contribution < -0.4 is 16.0 Å². The van der Waals surface area contributed by atoms with E-state index in [2.05, 4.69) is 5.32 Å². The van der Waals surface area contributed by atoms with Crippen LogP contribution in [-0.2, 0) is 29.1 Å². The number of carbonyl (C=O) groups is 3. The van der Waals surface area contributed by atoms with E-state index in [0.29, 0.717) is 17.7 Å². The number of benzene rings is 2. The van der Waals surface area contributed by atoms with Gasteiger partial charge in [0.2, 0.25) is 5.78 Å². The number of carbonyl (C=O) groups excluding carboxylic acids is 3. The number of ketones is 2. The van der Waals surface area contributed by atoms with Crippen molar-refractivity contribution in [3.05, 3.63) is 81.3 Å². The molecule has 4 atom stereocenters. The number of phenols is 1. The summed E-state index contributed by atoms with van der Waals surface area (Å²) >= 11 is 0. The first-order valence-electron chi connectivity index (χ1n) is 13.7. The van der Waals surface area contributed by atoms with E-state index in [1.165, 1.54) is 4.90 Å². The van der Waals surface area contributed by atoms with Gasteiger partial charge in [-0.1, -0.05) is 30.3 Å². The molecule has 1 amide bonds. The number of rotatable bonds is 7. The molecule has 2 aromatic carbocycles. The van der Waals surface area contributed by atoms with Crippen LogP contribution in [0.15, 0.2) is 59.1 Å². The number of aliphatic hydroxyl groups excluding tert-OH is 2. The smallest absolute Gasteiger partial charge is 0.255 e. The lowest BCUT2D eigenvalue weighted by Crippen LogP contribution is -2.63. The number of amides is 1. The fraction of sp³-hybridized carbons (Fsp3) is 0.387. The Bertz CT molecular complexity index is 1550. The lowest BCUT2D eigenvalue weighted by molar-refractivity contribution is -0.148. The summed E-state index contributed by atoms with van der Waals surface area (Å²) in [6.45, 7) is 0.778. The molecule has 11 heteroatoms. The van der Waals surface area contributed by atoms with E-state index in [-0.39, 0.29) is 36.3 Å². The Morgan fingerprint density at radius 2 is 1.74 bits per heavy atom. The van der Waals surface area contributed by atoms with Gasteiger partial charge in [0.05, 0.1) is 11.6 Å². The number of nitrogens with zero attached hydrogens (tertiary/aromatic N) is 2. The van der Waals surface area contributed by atoms with Gasteiger partial charge in [-0.2, -0.15) is 0 Å². The highest BCUT2D eigenvalue weighted by Gasteiger charge is 2.63. The van der Waals surface area contributed by atoms with Gasteiger partial charge in [0, 0.05) is 49.9 Å². The largest absolute Gasteiger partial charge is 0.510 e. The first-order valence-corrected chi connectivity index (χ1v) is 13.7. The lowest BCUT2D eigenvalue weighted by Gasteiger charge is -2.50. The second-order valence-corrected chi connectivity index (χ2v) is 11.7. The van der Waals surface area contributed by atoms with Crippen molar-refractivity contribution in [3.8, 4) is 5.75 Å². The van der Waals surface area contributed by atoms with Crippen LogP contribution in [0.2, 0.25) is 0 Å². The first kappa shape index (κ1) is 29.3. The van der Waals surface area contributed by atoms with Gasteiger partial charge in [0.1, 0.15) is 22.8 Å². The maximum absolute atomic E-state index is 14.1. The maximum atomic E-state index is 14.1. The highest BCUT2D eigenvalue weighted by atomic mass is 16.3. The number of allylic oxidation sites excluding steroid dienone is 1. The number of nitrogens with one attached hydrogen (secondary N) is 1. The molecule has 222 valence electrons. The molecule has 0 fully saturated rings. The molecular formula is C31H36N4O7. The number of fused-ring (bicyclic) bond motifs is 3. The molecule has 11 nitrogen and oxygen atoms in total. The molecule has 0 saturated heterocycles. The maximum Gasteiger partial charge on any atom is 0.255 e. The average Bonchev–Trinajstić information content (AvgIpc) is 2.92. The van der Waals surface area contributed by atoms with Gasteiger partial charge in [0.15, 0.2) is 11.4 Å². The number of Topliss-reactive ketones (excluding diaryl/α,β-unsaturated/α-hetero) is 2. The second-order valence-electron chi connectivity index (χ2n) is 11.7. The van der Waals surface area contributed by atoms with Crippen LogP contribution in [0.3, 0.4) is 0 Å². The van der Waals surface area contributed by atoms with Crippen LogP contribution in [0, 0.1) is 11.8 Å². The fourth-order valence-electron chi connectivity index (χ4n) is 6.82. The Kier molecular flexibility index (Phi) is 7.38. The van der Waals surface area contributed by atoms with Crippen molar-refractivity contribution in [2.75, 3.05) is 33.1 Å². The Balaban J connectivity index is 1.61. The molecule has 0 heterocycles. The number of hydrogen-bond acceptors (Lipinski definition) is 10. The highest BCUT2D eigenvalue weighted by Crippen LogP contribution is 2.53. The lowest BCUT2D eigenvalue weighted by atomic mass is 9.58. The average molecular weight is 577 g/mol. The third-order valence-electron chi connectivity index (χ3n) is 8.75. The third-order valence-corrected chi connectivity index (χ3v) is 8.75. The number of hydrogen-bond donors (Lipinski definition) is 6. The molecular weight excluding hydrogens is 540 g/mol. The minimum Gasteiger partial charge on any atom is -0.510 e. The van der Waals surface area contributed by atoms with Crippen molar-refractivity contribution in [1.82, 2.24) is 10.2 Å².